The lowest BCUT2D eigenvalue weighted by molar-refractivity contribution is -0.118. The number of hydrogen-bond acceptors (Lipinski definition) is 3. The average Bonchev–Trinajstić information content (AvgIpc) is 2.60. The van der Waals surface area contributed by atoms with Crippen LogP contribution in [-0.4, -0.2) is 15.3 Å². The molecular formula is C14H18N4O2. The molecule has 6 heteroatoms. The lowest BCUT2D eigenvalue weighted by atomic mass is 10.1. The minimum Gasteiger partial charge on any atom is -0.370 e. The van der Waals surface area contributed by atoms with Gasteiger partial charge < -0.3 is 11.5 Å². The smallest absolute Gasteiger partial charge is 0.276 e. The topological polar surface area (TPSA) is 96.0 Å². The van der Waals surface area contributed by atoms with Crippen LogP contribution in [0, 0.1) is 6.92 Å². The normalized spacial score (nSPS) is 12.3. The quantitative estimate of drug-likeness (QED) is 0.842. The van der Waals surface area contributed by atoms with Crippen molar-refractivity contribution in [2.24, 2.45) is 18.5 Å². The summed E-state index contributed by atoms with van der Waals surface area (Å²) in [4.78, 5) is 23.5. The van der Waals surface area contributed by atoms with Crippen LogP contribution in [0.3, 0.4) is 0 Å². The number of benzene rings is 1. The molecule has 0 spiro atoms. The number of aromatic nitrogens is 2. The SMILES string of the molecule is Cc1c(C(N)CC(N)=O)c(=O)n(-c2ccccc2)n1C. The molecule has 1 aromatic heterocycles. The van der Waals surface area contributed by atoms with E-state index in [1.807, 2.05) is 30.3 Å². The molecule has 0 aliphatic carbocycles. The molecule has 0 bridgehead atoms. The second-order valence-corrected chi connectivity index (χ2v) is 4.75. The molecule has 0 radical (unpaired) electrons. The molecule has 106 valence electrons. The third-order valence-corrected chi connectivity index (χ3v) is 3.39. The number of carbonyl (C=O) groups excluding carboxylic acids is 1. The Bertz CT molecular complexity index is 685. The van der Waals surface area contributed by atoms with E-state index in [0.717, 1.165) is 11.4 Å². The summed E-state index contributed by atoms with van der Waals surface area (Å²) >= 11 is 0. The van der Waals surface area contributed by atoms with Crippen LogP contribution in [0.2, 0.25) is 0 Å². The van der Waals surface area contributed by atoms with E-state index in [2.05, 4.69) is 0 Å². The van der Waals surface area contributed by atoms with Crippen LogP contribution in [0.5, 0.6) is 0 Å². The molecule has 0 aliphatic heterocycles. The molecule has 1 heterocycles. The number of para-hydroxylation sites is 1. The maximum absolute atomic E-state index is 12.5. The number of primary amides is 1. The first kappa shape index (κ1) is 14.1. The highest BCUT2D eigenvalue weighted by Crippen LogP contribution is 2.17. The summed E-state index contributed by atoms with van der Waals surface area (Å²) in [5, 5.41) is 0. The number of hydrogen-bond donors (Lipinski definition) is 2. The van der Waals surface area contributed by atoms with Gasteiger partial charge in [-0.3, -0.25) is 14.3 Å². The summed E-state index contributed by atoms with van der Waals surface area (Å²) in [7, 11) is 1.78. The fourth-order valence-electron chi connectivity index (χ4n) is 2.33. The maximum atomic E-state index is 12.5. The van der Waals surface area contributed by atoms with Gasteiger partial charge in [0.15, 0.2) is 0 Å². The summed E-state index contributed by atoms with van der Waals surface area (Å²) in [5.74, 6) is -0.522. The van der Waals surface area contributed by atoms with Gasteiger partial charge in [-0.2, -0.15) is 0 Å². The monoisotopic (exact) mass is 274 g/mol. The molecule has 6 nitrogen and oxygen atoms in total. The lowest BCUT2D eigenvalue weighted by Crippen LogP contribution is -2.27. The molecule has 1 atom stereocenters. The standard InChI is InChI=1S/C14H18N4O2/c1-9-13(11(15)8-12(16)19)14(20)18(17(9)2)10-6-4-3-5-7-10/h3-7,11H,8,15H2,1-2H3,(H2,16,19). The van der Waals surface area contributed by atoms with Crippen molar-refractivity contribution in [2.75, 3.05) is 0 Å². The Kier molecular flexibility index (Phi) is 3.76. The maximum Gasteiger partial charge on any atom is 0.276 e. The van der Waals surface area contributed by atoms with Gasteiger partial charge in [0.05, 0.1) is 11.3 Å². The summed E-state index contributed by atoms with van der Waals surface area (Å²) in [6.07, 6.45) is -0.0467. The van der Waals surface area contributed by atoms with E-state index in [0.29, 0.717) is 5.56 Å². The predicted molar refractivity (Wildman–Crippen MR) is 76.5 cm³/mol. The molecule has 1 unspecified atom stereocenters. The van der Waals surface area contributed by atoms with Gasteiger partial charge >= 0.3 is 0 Å². The van der Waals surface area contributed by atoms with Gasteiger partial charge in [-0.1, -0.05) is 18.2 Å². The van der Waals surface area contributed by atoms with Gasteiger partial charge in [-0.15, -0.1) is 0 Å². The van der Waals surface area contributed by atoms with Crippen LogP contribution >= 0.6 is 0 Å². The van der Waals surface area contributed by atoms with E-state index in [-0.39, 0.29) is 12.0 Å². The third kappa shape index (κ3) is 2.37. The highest BCUT2D eigenvalue weighted by atomic mass is 16.1. The molecule has 0 aliphatic rings. The Morgan fingerprint density at radius 1 is 1.30 bits per heavy atom. The molecule has 4 N–H and O–H groups in total. The highest BCUT2D eigenvalue weighted by Gasteiger charge is 2.22. The average molecular weight is 274 g/mol. The van der Waals surface area contributed by atoms with Gasteiger partial charge in [0.2, 0.25) is 5.91 Å². The van der Waals surface area contributed by atoms with Crippen LogP contribution in [-0.2, 0) is 11.8 Å². The van der Waals surface area contributed by atoms with Crippen molar-refractivity contribution in [1.82, 2.24) is 9.36 Å². The van der Waals surface area contributed by atoms with Gasteiger partial charge in [0.25, 0.3) is 5.56 Å². The minimum absolute atomic E-state index is 0.0467. The largest absolute Gasteiger partial charge is 0.370 e. The Hall–Kier alpha value is -2.34. The van der Waals surface area contributed by atoms with E-state index in [1.54, 1.807) is 18.7 Å². The van der Waals surface area contributed by atoms with Crippen molar-refractivity contribution in [3.8, 4) is 5.69 Å². The molecular weight excluding hydrogens is 256 g/mol. The van der Waals surface area contributed by atoms with E-state index in [9.17, 15) is 9.59 Å². The van der Waals surface area contributed by atoms with Gasteiger partial charge in [0.1, 0.15) is 0 Å². The molecule has 0 saturated heterocycles. The fraction of sp³-hybridized carbons (Fsp3) is 0.286. The summed E-state index contributed by atoms with van der Waals surface area (Å²) < 4.78 is 3.26. The van der Waals surface area contributed by atoms with E-state index >= 15 is 0 Å². The third-order valence-electron chi connectivity index (χ3n) is 3.39. The van der Waals surface area contributed by atoms with Crippen molar-refractivity contribution in [1.29, 1.82) is 0 Å². The zero-order chi connectivity index (χ0) is 14.9. The van der Waals surface area contributed by atoms with Crippen LogP contribution in [0.1, 0.15) is 23.7 Å². The lowest BCUT2D eigenvalue weighted by Gasteiger charge is -2.08. The second kappa shape index (κ2) is 5.34. The zero-order valence-corrected chi connectivity index (χ0v) is 11.5. The molecule has 2 aromatic rings. The van der Waals surface area contributed by atoms with Crippen LogP contribution < -0.4 is 17.0 Å². The first-order valence-electron chi connectivity index (χ1n) is 6.31. The van der Waals surface area contributed by atoms with Crippen LogP contribution in [0.25, 0.3) is 5.69 Å². The van der Waals surface area contributed by atoms with E-state index < -0.39 is 11.9 Å². The van der Waals surface area contributed by atoms with Crippen molar-refractivity contribution in [2.45, 2.75) is 19.4 Å². The number of rotatable bonds is 4. The summed E-state index contributed by atoms with van der Waals surface area (Å²) in [5.41, 5.74) is 12.8. The fourth-order valence-corrected chi connectivity index (χ4v) is 2.33. The van der Waals surface area contributed by atoms with Crippen molar-refractivity contribution in [3.05, 3.63) is 51.9 Å². The molecule has 0 saturated carbocycles. The molecule has 1 aromatic carbocycles. The Balaban J connectivity index is 2.58. The summed E-state index contributed by atoms with van der Waals surface area (Å²) in [6, 6.07) is 8.58. The van der Waals surface area contributed by atoms with Crippen molar-refractivity contribution in [3.63, 3.8) is 0 Å². The first-order chi connectivity index (χ1) is 9.43. The predicted octanol–water partition coefficient (Wildman–Crippen LogP) is 0.360. The Morgan fingerprint density at radius 3 is 2.45 bits per heavy atom. The van der Waals surface area contributed by atoms with Gasteiger partial charge in [-0.25, -0.2) is 4.68 Å². The van der Waals surface area contributed by atoms with Gasteiger partial charge in [-0.05, 0) is 19.1 Å². The summed E-state index contributed by atoms with van der Waals surface area (Å²) in [6.45, 7) is 1.80. The number of carbonyl (C=O) groups is 1. The first-order valence-corrected chi connectivity index (χ1v) is 6.31. The highest BCUT2D eigenvalue weighted by molar-refractivity contribution is 5.74. The van der Waals surface area contributed by atoms with Crippen molar-refractivity contribution >= 4 is 5.91 Å². The number of nitrogens with zero attached hydrogens (tertiary/aromatic N) is 2. The van der Waals surface area contributed by atoms with Crippen LogP contribution in [0.4, 0.5) is 0 Å². The minimum atomic E-state index is -0.684. The molecule has 2 rings (SSSR count). The molecule has 0 fully saturated rings. The molecule has 20 heavy (non-hydrogen) atoms. The van der Waals surface area contributed by atoms with Crippen LogP contribution in [0.15, 0.2) is 35.1 Å². The van der Waals surface area contributed by atoms with E-state index in [1.165, 1.54) is 4.68 Å². The molecule has 1 amide bonds. The number of amides is 1. The Morgan fingerprint density at radius 2 is 1.90 bits per heavy atom. The number of nitrogens with two attached hydrogens (primary N) is 2. The van der Waals surface area contributed by atoms with Crippen molar-refractivity contribution < 1.29 is 4.79 Å². The van der Waals surface area contributed by atoms with Gasteiger partial charge in [0, 0.05) is 25.2 Å². The second-order valence-electron chi connectivity index (χ2n) is 4.75. The zero-order valence-electron chi connectivity index (χ0n) is 11.5. The Labute approximate surface area is 116 Å². The van der Waals surface area contributed by atoms with E-state index in [4.69, 9.17) is 11.5 Å².